The molecule has 160 valence electrons. The number of anilines is 1. The minimum Gasteiger partial charge on any atom is -0.486 e. The summed E-state index contributed by atoms with van der Waals surface area (Å²) in [7, 11) is 0. The number of nitrogens with zero attached hydrogens (tertiary/aromatic N) is 5. The molecular formula is C21H21FN6O3. The van der Waals surface area contributed by atoms with Crippen molar-refractivity contribution >= 4 is 17.4 Å². The maximum Gasteiger partial charge on any atom is 0.256 e. The number of carbonyl (C=O) groups is 1. The number of pyridine rings is 1. The predicted octanol–water partition coefficient (Wildman–Crippen LogP) is 1.95. The maximum absolute atomic E-state index is 14.1. The molecule has 6 rings (SSSR count). The van der Waals surface area contributed by atoms with Gasteiger partial charge < -0.3 is 19.7 Å². The van der Waals surface area contributed by atoms with Crippen molar-refractivity contribution in [2.24, 2.45) is 5.41 Å². The molecule has 1 atom stereocenters. The highest BCUT2D eigenvalue weighted by Gasteiger charge is 2.44. The molecule has 3 aromatic rings. The predicted molar refractivity (Wildman–Crippen MR) is 108 cm³/mol. The van der Waals surface area contributed by atoms with E-state index >= 15 is 0 Å². The summed E-state index contributed by atoms with van der Waals surface area (Å²) < 4.78 is 27.6. The molecule has 1 saturated carbocycles. The Morgan fingerprint density at radius 3 is 3.00 bits per heavy atom. The molecule has 1 fully saturated rings. The topological polar surface area (TPSA) is 93.9 Å². The van der Waals surface area contributed by atoms with Crippen molar-refractivity contribution in [1.29, 1.82) is 0 Å². The molecular weight excluding hydrogens is 403 g/mol. The van der Waals surface area contributed by atoms with Crippen molar-refractivity contribution in [2.75, 3.05) is 24.7 Å². The summed E-state index contributed by atoms with van der Waals surface area (Å²) in [5, 5.41) is 7.29. The Morgan fingerprint density at radius 2 is 2.16 bits per heavy atom. The Hall–Kier alpha value is -3.43. The molecule has 1 amide bonds. The van der Waals surface area contributed by atoms with Crippen LogP contribution in [-0.4, -0.2) is 51.3 Å². The zero-order chi connectivity index (χ0) is 21.2. The van der Waals surface area contributed by atoms with Crippen LogP contribution in [0.2, 0.25) is 0 Å². The van der Waals surface area contributed by atoms with Crippen LogP contribution in [0, 0.1) is 11.2 Å². The minimum atomic E-state index is -0.417. The van der Waals surface area contributed by atoms with E-state index in [9.17, 15) is 9.18 Å². The van der Waals surface area contributed by atoms with Crippen molar-refractivity contribution < 1.29 is 18.7 Å². The average molecular weight is 424 g/mol. The van der Waals surface area contributed by atoms with Gasteiger partial charge in [-0.3, -0.25) is 4.79 Å². The Kier molecular flexibility index (Phi) is 3.87. The Balaban J connectivity index is 1.51. The molecule has 1 N–H and O–H groups in total. The number of fused-ring (bicyclic) bond motifs is 1. The number of ether oxygens (including phenoxy) is 2. The Bertz CT molecular complexity index is 1210. The third-order valence-electron chi connectivity index (χ3n) is 6.30. The summed E-state index contributed by atoms with van der Waals surface area (Å²) in [5.41, 5.74) is 1.37. The first-order valence-corrected chi connectivity index (χ1v) is 10.3. The van der Waals surface area contributed by atoms with Crippen LogP contribution in [0.4, 0.5) is 10.2 Å². The number of carbonyl (C=O) groups excluding carboxylic acids is 1. The van der Waals surface area contributed by atoms with Gasteiger partial charge in [-0.1, -0.05) is 0 Å². The van der Waals surface area contributed by atoms with Crippen LogP contribution in [0.3, 0.4) is 0 Å². The van der Waals surface area contributed by atoms with Crippen molar-refractivity contribution in [3.05, 3.63) is 41.6 Å². The summed E-state index contributed by atoms with van der Waals surface area (Å²) in [6, 6.07) is 1.43. The summed E-state index contributed by atoms with van der Waals surface area (Å²) in [6.45, 7) is 3.70. The lowest BCUT2D eigenvalue weighted by Crippen LogP contribution is -2.41. The fraction of sp³-hybridized carbons (Fsp3) is 0.429. The average Bonchev–Trinajstić information content (AvgIpc) is 3.42. The fourth-order valence-electron chi connectivity index (χ4n) is 4.12. The molecule has 2 aliphatic heterocycles. The normalized spacial score (nSPS) is 21.8. The van der Waals surface area contributed by atoms with E-state index in [-0.39, 0.29) is 17.4 Å². The zero-order valence-electron chi connectivity index (χ0n) is 17.0. The largest absolute Gasteiger partial charge is 0.486 e. The number of hydrogen-bond donors (Lipinski definition) is 1. The molecule has 0 unspecified atom stereocenters. The quantitative estimate of drug-likeness (QED) is 0.590. The molecule has 0 saturated heterocycles. The van der Waals surface area contributed by atoms with E-state index in [0.29, 0.717) is 60.5 Å². The molecule has 9 nitrogen and oxygen atoms in total. The Labute approximate surface area is 177 Å². The smallest absolute Gasteiger partial charge is 0.256 e. The van der Waals surface area contributed by atoms with Crippen molar-refractivity contribution in [2.45, 2.75) is 32.4 Å². The van der Waals surface area contributed by atoms with Gasteiger partial charge in [0.05, 0.1) is 37.8 Å². The van der Waals surface area contributed by atoms with Gasteiger partial charge in [0.15, 0.2) is 17.2 Å². The van der Waals surface area contributed by atoms with E-state index in [2.05, 4.69) is 15.4 Å². The van der Waals surface area contributed by atoms with Gasteiger partial charge in [-0.25, -0.2) is 18.9 Å². The third kappa shape index (κ3) is 3.05. The van der Waals surface area contributed by atoms with E-state index in [1.807, 2.05) is 11.8 Å². The summed E-state index contributed by atoms with van der Waals surface area (Å²) in [5.74, 6) is 0.896. The summed E-state index contributed by atoms with van der Waals surface area (Å²) in [6.07, 6.45) is 6.31. The number of aromatic nitrogens is 4. The second-order valence-corrected chi connectivity index (χ2v) is 8.63. The molecule has 1 aliphatic carbocycles. The fourth-order valence-corrected chi connectivity index (χ4v) is 4.12. The summed E-state index contributed by atoms with van der Waals surface area (Å²) >= 11 is 0. The second-order valence-electron chi connectivity index (χ2n) is 8.63. The lowest BCUT2D eigenvalue weighted by Gasteiger charge is -2.36. The van der Waals surface area contributed by atoms with Crippen molar-refractivity contribution in [3.63, 3.8) is 0 Å². The molecule has 5 heterocycles. The van der Waals surface area contributed by atoms with E-state index in [1.54, 1.807) is 10.7 Å². The van der Waals surface area contributed by atoms with E-state index in [1.165, 1.54) is 18.5 Å². The van der Waals surface area contributed by atoms with Crippen LogP contribution in [0.1, 0.15) is 35.7 Å². The van der Waals surface area contributed by atoms with Gasteiger partial charge in [-0.15, -0.1) is 0 Å². The van der Waals surface area contributed by atoms with Gasteiger partial charge in [-0.05, 0) is 25.8 Å². The first-order chi connectivity index (χ1) is 15.0. The monoisotopic (exact) mass is 424 g/mol. The molecule has 3 aromatic heterocycles. The Morgan fingerprint density at radius 1 is 1.29 bits per heavy atom. The van der Waals surface area contributed by atoms with Gasteiger partial charge in [0.25, 0.3) is 5.91 Å². The van der Waals surface area contributed by atoms with Crippen LogP contribution >= 0.6 is 0 Å². The van der Waals surface area contributed by atoms with Crippen LogP contribution in [-0.2, 0) is 6.54 Å². The highest BCUT2D eigenvalue weighted by Crippen LogP contribution is 2.45. The molecule has 1 spiro atoms. The van der Waals surface area contributed by atoms with Crippen LogP contribution in [0.25, 0.3) is 5.65 Å². The molecule has 31 heavy (non-hydrogen) atoms. The maximum atomic E-state index is 14.1. The van der Waals surface area contributed by atoms with Crippen LogP contribution in [0.15, 0.2) is 24.7 Å². The molecule has 10 heteroatoms. The lowest BCUT2D eigenvalue weighted by molar-refractivity contribution is 0.0938. The molecule has 0 radical (unpaired) electrons. The highest BCUT2D eigenvalue weighted by molar-refractivity contribution is 5.99. The standard InChI is InChI=1S/C21H21FN6O3/c1-12-9-30-16-8-28-17-15(6-25-28)19(29)24-10-21(2-3-21)11-31-20-13(4-14(22)5-23-20)7-27(12)18(16)26-17/h4-6,8,12H,2-3,7,9-11H2,1H3,(H,24,29)/t12-/m1/s1. The van der Waals surface area contributed by atoms with Gasteiger partial charge in [-0.2, -0.15) is 5.10 Å². The molecule has 3 aliphatic rings. The van der Waals surface area contributed by atoms with Crippen LogP contribution < -0.4 is 19.7 Å². The van der Waals surface area contributed by atoms with Gasteiger partial charge in [0.2, 0.25) is 5.88 Å². The van der Waals surface area contributed by atoms with E-state index < -0.39 is 5.82 Å². The number of rotatable bonds is 0. The third-order valence-corrected chi connectivity index (χ3v) is 6.30. The first kappa shape index (κ1) is 18.3. The van der Waals surface area contributed by atoms with Gasteiger partial charge in [0.1, 0.15) is 18.0 Å². The number of halogens is 1. The first-order valence-electron chi connectivity index (χ1n) is 10.3. The SMILES string of the molecule is C[C@@H]1COc2cn3ncc4c3nc2N1Cc1cc(F)cnc1OCC1(CC1)CNC4=O. The number of nitrogens with one attached hydrogen (secondary N) is 1. The van der Waals surface area contributed by atoms with Crippen molar-refractivity contribution in [3.8, 4) is 11.6 Å². The van der Waals surface area contributed by atoms with Crippen molar-refractivity contribution in [1.82, 2.24) is 24.9 Å². The van der Waals surface area contributed by atoms with E-state index in [0.717, 1.165) is 12.8 Å². The number of amides is 1. The van der Waals surface area contributed by atoms with Crippen LogP contribution in [0.5, 0.6) is 11.6 Å². The zero-order valence-corrected chi connectivity index (χ0v) is 17.0. The van der Waals surface area contributed by atoms with Gasteiger partial charge >= 0.3 is 0 Å². The highest BCUT2D eigenvalue weighted by atomic mass is 19.1. The second kappa shape index (κ2) is 6.53. The molecule has 0 aromatic carbocycles. The molecule has 2 bridgehead atoms. The van der Waals surface area contributed by atoms with Gasteiger partial charge in [0, 0.05) is 17.5 Å². The summed E-state index contributed by atoms with van der Waals surface area (Å²) in [4.78, 5) is 23.9. The van der Waals surface area contributed by atoms with E-state index in [4.69, 9.17) is 14.5 Å². The number of hydrogen-bond acceptors (Lipinski definition) is 7. The lowest BCUT2D eigenvalue weighted by atomic mass is 10.1. The minimum absolute atomic E-state index is 0.0264.